The Hall–Kier alpha value is -3.29. The van der Waals surface area contributed by atoms with Crippen molar-refractivity contribution in [3.8, 4) is 17.0 Å². The summed E-state index contributed by atoms with van der Waals surface area (Å²) in [7, 11) is 2.72. The molecule has 0 fully saturated rings. The first-order valence-corrected chi connectivity index (χ1v) is 7.55. The van der Waals surface area contributed by atoms with Gasteiger partial charge in [0.05, 0.1) is 18.3 Å². The number of aromatic hydroxyl groups is 1. The van der Waals surface area contributed by atoms with Crippen LogP contribution in [0.1, 0.15) is 22.8 Å². The van der Waals surface area contributed by atoms with Crippen molar-refractivity contribution < 1.29 is 19.1 Å². The standard InChI is InChI=1S/C17H16N2O6/c1-4-9-13(18-15(21)12(14(9)20)16(22)24-3)8-5-6-10-11(7-8)25-17(23)19(10)2/h5-7H,4H2,1-3H3,(H2,18,20,21). The summed E-state index contributed by atoms with van der Waals surface area (Å²) < 4.78 is 11.1. The predicted molar refractivity (Wildman–Crippen MR) is 89.9 cm³/mol. The van der Waals surface area contributed by atoms with E-state index < -0.39 is 28.6 Å². The van der Waals surface area contributed by atoms with Crippen LogP contribution in [0.25, 0.3) is 22.4 Å². The van der Waals surface area contributed by atoms with Gasteiger partial charge in [0.15, 0.2) is 11.1 Å². The molecule has 8 heteroatoms. The van der Waals surface area contributed by atoms with Gasteiger partial charge in [0.1, 0.15) is 5.75 Å². The smallest absolute Gasteiger partial charge is 0.419 e. The number of ether oxygens (including phenoxy) is 1. The fraction of sp³-hybridized carbons (Fsp3) is 0.235. The summed E-state index contributed by atoms with van der Waals surface area (Å²) >= 11 is 0. The highest BCUT2D eigenvalue weighted by Crippen LogP contribution is 2.31. The van der Waals surface area contributed by atoms with Gasteiger partial charge in [-0.15, -0.1) is 0 Å². The Bertz CT molecular complexity index is 1100. The molecule has 0 aliphatic heterocycles. The van der Waals surface area contributed by atoms with Gasteiger partial charge in [0.2, 0.25) is 0 Å². The van der Waals surface area contributed by atoms with Gasteiger partial charge in [-0.05, 0) is 18.6 Å². The van der Waals surface area contributed by atoms with Gasteiger partial charge in [-0.25, -0.2) is 9.59 Å². The van der Waals surface area contributed by atoms with Crippen molar-refractivity contribution >= 4 is 17.1 Å². The number of aromatic nitrogens is 2. The van der Waals surface area contributed by atoms with Gasteiger partial charge in [0, 0.05) is 18.2 Å². The van der Waals surface area contributed by atoms with Crippen LogP contribution >= 0.6 is 0 Å². The van der Waals surface area contributed by atoms with Crippen molar-refractivity contribution in [1.29, 1.82) is 0 Å². The molecule has 0 radical (unpaired) electrons. The lowest BCUT2D eigenvalue weighted by Gasteiger charge is -2.12. The monoisotopic (exact) mass is 344 g/mol. The quantitative estimate of drug-likeness (QED) is 0.697. The highest BCUT2D eigenvalue weighted by atomic mass is 16.5. The summed E-state index contributed by atoms with van der Waals surface area (Å²) in [6.45, 7) is 1.78. The Labute approximate surface area is 141 Å². The molecule has 3 rings (SSSR count). The van der Waals surface area contributed by atoms with Crippen LogP contribution in [-0.4, -0.2) is 27.7 Å². The van der Waals surface area contributed by atoms with Crippen LogP contribution in [0.15, 0.2) is 32.2 Å². The first-order chi connectivity index (χ1) is 11.9. The number of hydrogen-bond acceptors (Lipinski definition) is 6. The van der Waals surface area contributed by atoms with Crippen LogP contribution in [0.2, 0.25) is 0 Å². The second kappa shape index (κ2) is 5.97. The third-order valence-electron chi connectivity index (χ3n) is 4.11. The van der Waals surface area contributed by atoms with E-state index in [0.717, 1.165) is 7.11 Å². The molecule has 2 heterocycles. The van der Waals surface area contributed by atoms with Crippen LogP contribution in [0.5, 0.6) is 5.75 Å². The molecular weight excluding hydrogens is 328 g/mol. The lowest BCUT2D eigenvalue weighted by molar-refractivity contribution is 0.0595. The second-order valence-corrected chi connectivity index (χ2v) is 5.49. The average molecular weight is 344 g/mol. The molecule has 0 saturated carbocycles. The summed E-state index contributed by atoms with van der Waals surface area (Å²) in [4.78, 5) is 38.2. The molecule has 0 unspecified atom stereocenters. The van der Waals surface area contributed by atoms with E-state index in [-0.39, 0.29) is 0 Å². The number of nitrogens with one attached hydrogen (secondary N) is 1. The van der Waals surface area contributed by atoms with E-state index in [1.54, 1.807) is 32.2 Å². The normalized spacial score (nSPS) is 11.0. The highest BCUT2D eigenvalue weighted by molar-refractivity contribution is 5.93. The Morgan fingerprint density at radius 1 is 1.36 bits per heavy atom. The Kier molecular flexibility index (Phi) is 3.96. The molecule has 25 heavy (non-hydrogen) atoms. The Balaban J connectivity index is 2.29. The van der Waals surface area contributed by atoms with Gasteiger partial charge in [0.25, 0.3) is 5.56 Å². The minimum atomic E-state index is -0.912. The van der Waals surface area contributed by atoms with Crippen molar-refractivity contribution in [3.63, 3.8) is 0 Å². The number of rotatable bonds is 3. The predicted octanol–water partition coefficient (Wildman–Crippen LogP) is 1.54. The molecule has 0 bridgehead atoms. The molecule has 130 valence electrons. The topological polar surface area (TPSA) is 115 Å². The van der Waals surface area contributed by atoms with Crippen LogP contribution < -0.4 is 11.3 Å². The number of hydrogen-bond donors (Lipinski definition) is 2. The maximum atomic E-state index is 12.2. The number of esters is 1. The molecule has 0 aliphatic carbocycles. The van der Waals surface area contributed by atoms with Gasteiger partial charge in [-0.2, -0.15) is 0 Å². The number of pyridine rings is 1. The molecular formula is C17H16N2O6. The first kappa shape index (κ1) is 16.6. The summed E-state index contributed by atoms with van der Waals surface area (Å²) in [6.07, 6.45) is 0.360. The largest absolute Gasteiger partial charge is 0.506 e. The van der Waals surface area contributed by atoms with Crippen molar-refractivity contribution in [2.75, 3.05) is 7.11 Å². The molecule has 3 aromatic rings. The minimum absolute atomic E-state index is 0.351. The van der Waals surface area contributed by atoms with E-state index in [2.05, 4.69) is 9.72 Å². The summed E-state index contributed by atoms with van der Waals surface area (Å²) in [6, 6.07) is 4.97. The average Bonchev–Trinajstić information content (AvgIpc) is 2.88. The molecule has 1 aromatic carbocycles. The third-order valence-corrected chi connectivity index (χ3v) is 4.11. The molecule has 0 atom stereocenters. The SMILES string of the molecule is CCc1c(-c2ccc3c(c2)oc(=O)n3C)[nH]c(=O)c(C(=O)OC)c1O. The van der Waals surface area contributed by atoms with Gasteiger partial charge < -0.3 is 19.2 Å². The van der Waals surface area contributed by atoms with Crippen LogP contribution in [-0.2, 0) is 18.2 Å². The van der Waals surface area contributed by atoms with Crippen LogP contribution in [0.3, 0.4) is 0 Å². The fourth-order valence-electron chi connectivity index (χ4n) is 2.80. The van der Waals surface area contributed by atoms with Crippen LogP contribution in [0.4, 0.5) is 0 Å². The van der Waals surface area contributed by atoms with Gasteiger partial charge in [-0.3, -0.25) is 9.36 Å². The van der Waals surface area contributed by atoms with E-state index in [4.69, 9.17) is 4.42 Å². The zero-order chi connectivity index (χ0) is 18.3. The fourth-order valence-corrected chi connectivity index (χ4v) is 2.80. The number of methoxy groups -OCH3 is 1. The highest BCUT2D eigenvalue weighted by Gasteiger charge is 2.23. The number of aryl methyl sites for hydroxylation is 1. The molecule has 0 spiro atoms. The number of H-pyrrole nitrogens is 1. The molecule has 0 amide bonds. The summed E-state index contributed by atoms with van der Waals surface area (Å²) in [5.74, 6) is -1.83. The summed E-state index contributed by atoms with van der Waals surface area (Å²) in [5.41, 5.74) is 1.04. The number of benzene rings is 1. The first-order valence-electron chi connectivity index (χ1n) is 7.55. The maximum absolute atomic E-state index is 12.2. The number of oxazole rings is 1. The Morgan fingerprint density at radius 2 is 2.08 bits per heavy atom. The van der Waals surface area contributed by atoms with Gasteiger partial charge >= 0.3 is 11.7 Å². The van der Waals surface area contributed by atoms with Crippen molar-refractivity contribution in [2.45, 2.75) is 13.3 Å². The third kappa shape index (κ3) is 2.51. The van der Waals surface area contributed by atoms with E-state index >= 15 is 0 Å². The molecule has 0 saturated heterocycles. The van der Waals surface area contributed by atoms with E-state index in [0.29, 0.717) is 34.3 Å². The second-order valence-electron chi connectivity index (χ2n) is 5.49. The summed E-state index contributed by atoms with van der Waals surface area (Å²) in [5, 5.41) is 10.4. The molecule has 2 N–H and O–H groups in total. The van der Waals surface area contributed by atoms with Gasteiger partial charge in [-0.1, -0.05) is 13.0 Å². The minimum Gasteiger partial charge on any atom is -0.506 e. The van der Waals surface area contributed by atoms with E-state index in [1.165, 1.54) is 4.57 Å². The zero-order valence-electron chi connectivity index (χ0n) is 13.9. The number of carbonyl (C=O) groups is 1. The lowest BCUT2D eigenvalue weighted by Crippen LogP contribution is -2.21. The number of aromatic amines is 1. The zero-order valence-corrected chi connectivity index (χ0v) is 13.9. The number of fused-ring (bicyclic) bond motifs is 1. The van der Waals surface area contributed by atoms with E-state index in [9.17, 15) is 19.5 Å². The van der Waals surface area contributed by atoms with E-state index in [1.807, 2.05) is 0 Å². The molecule has 0 aliphatic rings. The Morgan fingerprint density at radius 3 is 2.72 bits per heavy atom. The number of carbonyl (C=O) groups excluding carboxylic acids is 1. The van der Waals surface area contributed by atoms with Crippen LogP contribution in [0, 0.1) is 0 Å². The number of nitrogens with zero attached hydrogens (tertiary/aromatic N) is 1. The lowest BCUT2D eigenvalue weighted by atomic mass is 10.0. The van der Waals surface area contributed by atoms with Crippen molar-refractivity contribution in [1.82, 2.24) is 9.55 Å². The molecule has 2 aromatic heterocycles. The van der Waals surface area contributed by atoms with Crippen molar-refractivity contribution in [2.24, 2.45) is 7.05 Å². The molecule has 8 nitrogen and oxygen atoms in total. The maximum Gasteiger partial charge on any atom is 0.419 e. The van der Waals surface area contributed by atoms with Crippen molar-refractivity contribution in [3.05, 3.63) is 50.2 Å².